The summed E-state index contributed by atoms with van der Waals surface area (Å²) in [6, 6.07) is 0. The first kappa shape index (κ1) is 14.0. The van der Waals surface area contributed by atoms with Gasteiger partial charge in [-0.1, -0.05) is 0 Å². The van der Waals surface area contributed by atoms with Crippen LogP contribution in [0.15, 0.2) is 17.8 Å². The number of nitrogens with zero attached hydrogens (tertiary/aromatic N) is 3. The van der Waals surface area contributed by atoms with Gasteiger partial charge in [0.05, 0.1) is 18.1 Å². The van der Waals surface area contributed by atoms with Crippen LogP contribution in [-0.4, -0.2) is 20.3 Å². The molecule has 0 fully saturated rings. The average molecular weight is 280 g/mol. The summed E-state index contributed by atoms with van der Waals surface area (Å²) < 4.78 is 7.33. The zero-order valence-electron chi connectivity index (χ0n) is 11.8. The van der Waals surface area contributed by atoms with Gasteiger partial charge in [0, 0.05) is 24.5 Å². The molecule has 2 heterocycles. The van der Waals surface area contributed by atoms with E-state index >= 15 is 0 Å². The van der Waals surface area contributed by atoms with Crippen LogP contribution in [0, 0.1) is 0 Å². The van der Waals surface area contributed by atoms with E-state index in [0.717, 1.165) is 23.0 Å². The highest BCUT2D eigenvalue weighted by molar-refractivity contribution is 7.09. The number of thiazole rings is 1. The second kappa shape index (κ2) is 5.71. The predicted octanol–water partition coefficient (Wildman–Crippen LogP) is 2.34. The van der Waals surface area contributed by atoms with Gasteiger partial charge in [0.2, 0.25) is 0 Å². The minimum atomic E-state index is 0.109. The highest BCUT2D eigenvalue weighted by Crippen LogP contribution is 2.14. The van der Waals surface area contributed by atoms with Crippen molar-refractivity contribution < 1.29 is 4.74 Å². The van der Waals surface area contributed by atoms with E-state index in [-0.39, 0.29) is 5.54 Å². The molecule has 2 aromatic rings. The lowest BCUT2D eigenvalue weighted by Gasteiger charge is -2.19. The van der Waals surface area contributed by atoms with Gasteiger partial charge in [-0.2, -0.15) is 5.10 Å². The van der Waals surface area contributed by atoms with Gasteiger partial charge in [0.15, 0.2) is 5.75 Å². The maximum atomic E-state index is 5.61. The maximum Gasteiger partial charge on any atom is 0.157 e. The fourth-order valence-corrected chi connectivity index (χ4v) is 2.19. The molecule has 0 amide bonds. The summed E-state index contributed by atoms with van der Waals surface area (Å²) in [4.78, 5) is 4.54. The zero-order valence-corrected chi connectivity index (χ0v) is 12.6. The summed E-state index contributed by atoms with van der Waals surface area (Å²) in [5, 5.41) is 10.6. The van der Waals surface area contributed by atoms with E-state index in [2.05, 4.69) is 36.2 Å². The molecule has 0 saturated carbocycles. The first-order chi connectivity index (χ1) is 8.92. The maximum absolute atomic E-state index is 5.61. The van der Waals surface area contributed by atoms with Gasteiger partial charge in [-0.25, -0.2) is 4.98 Å². The summed E-state index contributed by atoms with van der Waals surface area (Å²) >= 11 is 1.66. The summed E-state index contributed by atoms with van der Waals surface area (Å²) in [7, 11) is 1.87. The SMILES string of the molecule is Cn1cc(OCc2csc(CNC(C)(C)C)n2)cn1. The number of nitrogens with one attached hydrogen (secondary N) is 1. The third kappa shape index (κ3) is 4.65. The minimum Gasteiger partial charge on any atom is -0.484 e. The fourth-order valence-electron chi connectivity index (χ4n) is 1.47. The predicted molar refractivity (Wildman–Crippen MR) is 76.2 cm³/mol. The highest BCUT2D eigenvalue weighted by Gasteiger charge is 2.10. The minimum absolute atomic E-state index is 0.109. The molecule has 0 atom stereocenters. The van der Waals surface area contributed by atoms with Crippen molar-refractivity contribution in [3.05, 3.63) is 28.5 Å². The number of aromatic nitrogens is 3. The van der Waals surface area contributed by atoms with E-state index in [1.165, 1.54) is 0 Å². The largest absolute Gasteiger partial charge is 0.484 e. The van der Waals surface area contributed by atoms with Crippen molar-refractivity contribution in [3.8, 4) is 5.75 Å². The second-order valence-corrected chi connectivity index (χ2v) is 6.42. The second-order valence-electron chi connectivity index (χ2n) is 5.47. The normalized spacial score (nSPS) is 11.8. The Hall–Kier alpha value is -1.40. The lowest BCUT2D eigenvalue weighted by molar-refractivity contribution is 0.301. The molecule has 19 heavy (non-hydrogen) atoms. The molecule has 0 unspecified atom stereocenters. The molecule has 2 aromatic heterocycles. The van der Waals surface area contributed by atoms with Crippen molar-refractivity contribution in [1.29, 1.82) is 0 Å². The molecule has 104 valence electrons. The smallest absolute Gasteiger partial charge is 0.157 e. The summed E-state index contributed by atoms with van der Waals surface area (Å²) in [5.74, 6) is 0.768. The Kier molecular flexibility index (Phi) is 4.21. The van der Waals surface area contributed by atoms with Gasteiger partial charge < -0.3 is 10.1 Å². The van der Waals surface area contributed by atoms with Crippen molar-refractivity contribution in [2.75, 3.05) is 0 Å². The van der Waals surface area contributed by atoms with Crippen molar-refractivity contribution >= 4 is 11.3 Å². The van der Waals surface area contributed by atoms with E-state index < -0.39 is 0 Å². The summed E-state index contributed by atoms with van der Waals surface area (Å²) in [6.07, 6.45) is 3.54. The molecule has 0 radical (unpaired) electrons. The number of aryl methyl sites for hydroxylation is 1. The Morgan fingerprint density at radius 1 is 1.42 bits per heavy atom. The first-order valence-electron chi connectivity index (χ1n) is 6.22. The molecule has 0 aliphatic carbocycles. The van der Waals surface area contributed by atoms with Crippen molar-refractivity contribution in [3.63, 3.8) is 0 Å². The van der Waals surface area contributed by atoms with E-state index in [4.69, 9.17) is 4.74 Å². The van der Waals surface area contributed by atoms with E-state index in [0.29, 0.717) is 6.61 Å². The third-order valence-electron chi connectivity index (χ3n) is 2.44. The molecule has 2 rings (SSSR count). The first-order valence-corrected chi connectivity index (χ1v) is 7.10. The van der Waals surface area contributed by atoms with Crippen LogP contribution in [0.3, 0.4) is 0 Å². The fraction of sp³-hybridized carbons (Fsp3) is 0.538. The topological polar surface area (TPSA) is 52.0 Å². The van der Waals surface area contributed by atoms with Gasteiger partial charge >= 0.3 is 0 Å². The van der Waals surface area contributed by atoms with Gasteiger partial charge in [-0.15, -0.1) is 11.3 Å². The van der Waals surface area contributed by atoms with Crippen LogP contribution in [0.1, 0.15) is 31.5 Å². The van der Waals surface area contributed by atoms with Gasteiger partial charge in [0.1, 0.15) is 11.6 Å². The Morgan fingerprint density at radius 2 is 2.21 bits per heavy atom. The Balaban J connectivity index is 1.84. The molecule has 0 aromatic carbocycles. The highest BCUT2D eigenvalue weighted by atomic mass is 32.1. The summed E-state index contributed by atoms with van der Waals surface area (Å²) in [6.45, 7) is 7.71. The zero-order chi connectivity index (χ0) is 13.9. The monoisotopic (exact) mass is 280 g/mol. The van der Waals surface area contributed by atoms with Crippen LogP contribution in [0.25, 0.3) is 0 Å². The standard InChI is InChI=1S/C13H20N4OS/c1-13(2,3)14-6-12-16-10(9-19-12)8-18-11-5-15-17(4)7-11/h5,7,9,14H,6,8H2,1-4H3. The van der Waals surface area contributed by atoms with Crippen LogP contribution in [-0.2, 0) is 20.2 Å². The third-order valence-corrected chi connectivity index (χ3v) is 3.33. The Labute approximate surface area is 117 Å². The molecule has 5 nitrogen and oxygen atoms in total. The number of hydrogen-bond acceptors (Lipinski definition) is 5. The van der Waals surface area contributed by atoms with Crippen molar-refractivity contribution in [1.82, 2.24) is 20.1 Å². The molecular formula is C13H20N4OS. The Morgan fingerprint density at radius 3 is 2.84 bits per heavy atom. The molecule has 0 aliphatic heterocycles. The molecule has 1 N–H and O–H groups in total. The summed E-state index contributed by atoms with van der Waals surface area (Å²) in [5.41, 5.74) is 1.07. The van der Waals surface area contributed by atoms with Crippen molar-refractivity contribution in [2.45, 2.75) is 39.5 Å². The van der Waals surface area contributed by atoms with Crippen LogP contribution in [0.4, 0.5) is 0 Å². The van der Waals surface area contributed by atoms with Crippen molar-refractivity contribution in [2.24, 2.45) is 7.05 Å². The molecule has 6 heteroatoms. The van der Waals surface area contributed by atoms with E-state index in [1.807, 2.05) is 18.6 Å². The number of rotatable bonds is 5. The molecule has 0 saturated heterocycles. The quantitative estimate of drug-likeness (QED) is 0.913. The molecule has 0 bridgehead atoms. The lowest BCUT2D eigenvalue weighted by atomic mass is 10.1. The van der Waals surface area contributed by atoms with E-state index in [9.17, 15) is 0 Å². The van der Waals surface area contributed by atoms with Crippen LogP contribution in [0.2, 0.25) is 0 Å². The molecule has 0 aliphatic rings. The van der Waals surface area contributed by atoms with E-state index in [1.54, 1.807) is 22.2 Å². The number of hydrogen-bond donors (Lipinski definition) is 1. The average Bonchev–Trinajstić information content (AvgIpc) is 2.92. The molecular weight excluding hydrogens is 260 g/mol. The van der Waals surface area contributed by atoms with Gasteiger partial charge in [-0.05, 0) is 20.8 Å². The van der Waals surface area contributed by atoms with Crippen LogP contribution in [0.5, 0.6) is 5.75 Å². The van der Waals surface area contributed by atoms with Gasteiger partial charge in [0.25, 0.3) is 0 Å². The lowest BCUT2D eigenvalue weighted by Crippen LogP contribution is -2.35. The van der Waals surface area contributed by atoms with Gasteiger partial charge in [-0.3, -0.25) is 4.68 Å². The van der Waals surface area contributed by atoms with Crippen LogP contribution < -0.4 is 10.1 Å². The molecule has 0 spiro atoms. The number of ether oxygens (including phenoxy) is 1. The Bertz CT molecular complexity index is 527. The van der Waals surface area contributed by atoms with Crippen LogP contribution >= 0.6 is 11.3 Å².